The number of nitrogens with one attached hydrogen (secondary N) is 1. The van der Waals surface area contributed by atoms with Crippen LogP contribution in [0.5, 0.6) is 0 Å². The van der Waals surface area contributed by atoms with E-state index in [1.165, 1.54) is 0 Å². The van der Waals surface area contributed by atoms with Crippen molar-refractivity contribution in [2.24, 2.45) is 5.92 Å². The molecule has 0 aliphatic heterocycles. The molecule has 0 aliphatic carbocycles. The van der Waals surface area contributed by atoms with Gasteiger partial charge in [0, 0.05) is 6.54 Å². The maximum atomic E-state index is 5.68. The van der Waals surface area contributed by atoms with Crippen LogP contribution in [0.4, 0.5) is 0 Å². The van der Waals surface area contributed by atoms with Crippen LogP contribution in [0.2, 0.25) is 0 Å². The van der Waals surface area contributed by atoms with Crippen LogP contribution in [-0.2, 0) is 4.74 Å². The third-order valence-corrected chi connectivity index (χ3v) is 2.22. The van der Waals surface area contributed by atoms with Crippen molar-refractivity contribution in [2.75, 3.05) is 40.3 Å². The van der Waals surface area contributed by atoms with Gasteiger partial charge in [-0.1, -0.05) is 13.8 Å². The maximum Gasteiger partial charge on any atom is 0.0596 e. The predicted molar refractivity (Wildman–Crippen MR) is 66.3 cm³/mol. The van der Waals surface area contributed by atoms with Crippen molar-refractivity contribution < 1.29 is 4.74 Å². The summed E-state index contributed by atoms with van der Waals surface area (Å²) in [6.45, 7) is 10.6. The Morgan fingerprint density at radius 2 is 1.87 bits per heavy atom. The van der Waals surface area contributed by atoms with Gasteiger partial charge in [-0.3, -0.25) is 0 Å². The minimum atomic E-state index is 0.365. The summed E-state index contributed by atoms with van der Waals surface area (Å²) in [5.74, 6) is 0.731. The molecular weight excluding hydrogens is 188 g/mol. The van der Waals surface area contributed by atoms with Gasteiger partial charge in [0.15, 0.2) is 0 Å². The topological polar surface area (TPSA) is 24.5 Å². The van der Waals surface area contributed by atoms with Crippen molar-refractivity contribution in [3.05, 3.63) is 0 Å². The summed E-state index contributed by atoms with van der Waals surface area (Å²) in [7, 11) is 4.14. The number of nitrogens with zero attached hydrogens (tertiary/aromatic N) is 1. The summed E-state index contributed by atoms with van der Waals surface area (Å²) in [6, 6.07) is 0. The van der Waals surface area contributed by atoms with Gasteiger partial charge in [0.05, 0.1) is 12.7 Å². The van der Waals surface area contributed by atoms with Gasteiger partial charge in [-0.15, -0.1) is 0 Å². The molecule has 0 fully saturated rings. The Kier molecular flexibility index (Phi) is 9.06. The Balaban J connectivity index is 3.22. The quantitative estimate of drug-likeness (QED) is 0.592. The van der Waals surface area contributed by atoms with Crippen LogP contribution in [-0.4, -0.2) is 51.3 Å². The molecule has 0 radical (unpaired) electrons. The summed E-state index contributed by atoms with van der Waals surface area (Å²) in [5.41, 5.74) is 0. The van der Waals surface area contributed by atoms with Crippen LogP contribution >= 0.6 is 0 Å². The Morgan fingerprint density at radius 3 is 2.40 bits per heavy atom. The predicted octanol–water partition coefficient (Wildman–Crippen LogP) is 1.59. The lowest BCUT2D eigenvalue weighted by Crippen LogP contribution is -2.26. The van der Waals surface area contributed by atoms with Crippen LogP contribution < -0.4 is 5.32 Å². The zero-order valence-corrected chi connectivity index (χ0v) is 11.0. The monoisotopic (exact) mass is 216 g/mol. The molecule has 0 saturated carbocycles. The summed E-state index contributed by atoms with van der Waals surface area (Å²) in [5, 5.41) is 3.42. The van der Waals surface area contributed by atoms with Crippen LogP contribution in [0.15, 0.2) is 0 Å². The molecular formula is C12H28N2O. The average Bonchev–Trinajstić information content (AvgIpc) is 2.11. The fourth-order valence-electron chi connectivity index (χ4n) is 1.22. The van der Waals surface area contributed by atoms with Gasteiger partial charge in [0.2, 0.25) is 0 Å². The molecule has 1 N–H and O–H groups in total. The van der Waals surface area contributed by atoms with Crippen molar-refractivity contribution in [3.8, 4) is 0 Å². The second-order valence-electron chi connectivity index (χ2n) is 4.87. The van der Waals surface area contributed by atoms with Gasteiger partial charge in [-0.05, 0) is 46.4 Å². The first kappa shape index (κ1) is 14.9. The SMILES string of the molecule is CC(C)CNCCC(C)OCCN(C)C. The second-order valence-corrected chi connectivity index (χ2v) is 4.87. The largest absolute Gasteiger partial charge is 0.377 e. The normalized spacial score (nSPS) is 13.8. The highest BCUT2D eigenvalue weighted by molar-refractivity contribution is 4.56. The molecule has 1 unspecified atom stereocenters. The maximum absolute atomic E-state index is 5.68. The van der Waals surface area contributed by atoms with E-state index in [9.17, 15) is 0 Å². The molecule has 0 amide bonds. The summed E-state index contributed by atoms with van der Waals surface area (Å²) in [6.07, 6.45) is 1.46. The van der Waals surface area contributed by atoms with E-state index in [1.807, 2.05) is 0 Å². The third kappa shape index (κ3) is 11.8. The first-order valence-corrected chi connectivity index (χ1v) is 5.99. The van der Waals surface area contributed by atoms with Crippen LogP contribution in [0.3, 0.4) is 0 Å². The molecule has 15 heavy (non-hydrogen) atoms. The Bertz CT molecular complexity index is 138. The summed E-state index contributed by atoms with van der Waals surface area (Å²) in [4.78, 5) is 2.14. The Morgan fingerprint density at radius 1 is 1.20 bits per heavy atom. The number of ether oxygens (including phenoxy) is 1. The first-order valence-electron chi connectivity index (χ1n) is 5.99. The minimum absolute atomic E-state index is 0.365. The fraction of sp³-hybridized carbons (Fsp3) is 1.00. The van der Waals surface area contributed by atoms with E-state index in [2.05, 4.69) is 45.1 Å². The van der Waals surface area contributed by atoms with Crippen molar-refractivity contribution in [2.45, 2.75) is 33.3 Å². The number of hydrogen-bond donors (Lipinski definition) is 1. The lowest BCUT2D eigenvalue weighted by Gasteiger charge is -2.16. The van der Waals surface area contributed by atoms with Crippen molar-refractivity contribution in [3.63, 3.8) is 0 Å². The molecule has 0 aromatic heterocycles. The zero-order chi connectivity index (χ0) is 11.7. The molecule has 92 valence electrons. The number of rotatable bonds is 9. The van der Waals surface area contributed by atoms with E-state index >= 15 is 0 Å². The lowest BCUT2D eigenvalue weighted by atomic mass is 10.2. The van der Waals surface area contributed by atoms with E-state index in [0.29, 0.717) is 6.10 Å². The van der Waals surface area contributed by atoms with Gasteiger partial charge in [-0.2, -0.15) is 0 Å². The Hall–Kier alpha value is -0.120. The second kappa shape index (κ2) is 9.13. The standard InChI is InChI=1S/C12H28N2O/c1-11(2)10-13-7-6-12(3)15-9-8-14(4)5/h11-13H,6-10H2,1-5H3. The number of likely N-dealkylation sites (N-methyl/N-ethyl adjacent to an activating group) is 1. The highest BCUT2D eigenvalue weighted by Gasteiger charge is 2.02. The average molecular weight is 216 g/mol. The number of hydrogen-bond acceptors (Lipinski definition) is 3. The zero-order valence-electron chi connectivity index (χ0n) is 11.0. The molecule has 0 aliphatic rings. The minimum Gasteiger partial charge on any atom is -0.377 e. The Labute approximate surface area is 95.2 Å². The highest BCUT2D eigenvalue weighted by Crippen LogP contribution is 1.96. The molecule has 0 rings (SSSR count). The van der Waals surface area contributed by atoms with Gasteiger partial charge >= 0.3 is 0 Å². The van der Waals surface area contributed by atoms with E-state index < -0.39 is 0 Å². The highest BCUT2D eigenvalue weighted by atomic mass is 16.5. The van der Waals surface area contributed by atoms with E-state index in [-0.39, 0.29) is 0 Å². The molecule has 0 bridgehead atoms. The van der Waals surface area contributed by atoms with Gasteiger partial charge < -0.3 is 15.0 Å². The summed E-state index contributed by atoms with van der Waals surface area (Å²) < 4.78 is 5.68. The van der Waals surface area contributed by atoms with E-state index in [4.69, 9.17) is 4.74 Å². The molecule has 1 atom stereocenters. The van der Waals surface area contributed by atoms with E-state index in [0.717, 1.165) is 38.6 Å². The first-order chi connectivity index (χ1) is 7.02. The van der Waals surface area contributed by atoms with Gasteiger partial charge in [0.25, 0.3) is 0 Å². The summed E-state index contributed by atoms with van der Waals surface area (Å²) >= 11 is 0. The molecule has 0 aromatic carbocycles. The van der Waals surface area contributed by atoms with Crippen LogP contribution in [0, 0.1) is 5.92 Å². The van der Waals surface area contributed by atoms with Gasteiger partial charge in [-0.25, -0.2) is 0 Å². The molecule has 0 aromatic rings. The smallest absolute Gasteiger partial charge is 0.0596 e. The lowest BCUT2D eigenvalue weighted by molar-refractivity contribution is 0.0509. The van der Waals surface area contributed by atoms with Crippen molar-refractivity contribution >= 4 is 0 Å². The fourth-order valence-corrected chi connectivity index (χ4v) is 1.22. The van der Waals surface area contributed by atoms with Crippen molar-refractivity contribution in [1.29, 1.82) is 0 Å². The van der Waals surface area contributed by atoms with E-state index in [1.54, 1.807) is 0 Å². The van der Waals surface area contributed by atoms with Gasteiger partial charge in [0.1, 0.15) is 0 Å². The molecule has 3 heteroatoms. The van der Waals surface area contributed by atoms with Crippen LogP contribution in [0.25, 0.3) is 0 Å². The molecule has 3 nitrogen and oxygen atoms in total. The third-order valence-electron chi connectivity index (χ3n) is 2.22. The molecule has 0 heterocycles. The molecule has 0 spiro atoms. The van der Waals surface area contributed by atoms with Crippen molar-refractivity contribution in [1.82, 2.24) is 10.2 Å². The molecule has 0 saturated heterocycles. The van der Waals surface area contributed by atoms with Crippen LogP contribution in [0.1, 0.15) is 27.2 Å².